The molecule has 1 heterocycles. The minimum Gasteiger partial charge on any atom is -0.497 e. The summed E-state index contributed by atoms with van der Waals surface area (Å²) in [5.74, 6) is 0.380. The van der Waals surface area contributed by atoms with Gasteiger partial charge in [-0.15, -0.1) is 0 Å². The molecule has 7 nitrogen and oxygen atoms in total. The molecular formula is C17H26BN2O5. The monoisotopic (exact) mass is 349 g/mol. The predicted octanol–water partition coefficient (Wildman–Crippen LogP) is -0.730. The first-order valence-corrected chi connectivity index (χ1v) is 8.43. The van der Waals surface area contributed by atoms with Crippen LogP contribution in [0.2, 0.25) is 6.82 Å². The van der Waals surface area contributed by atoms with E-state index in [0.29, 0.717) is 12.8 Å². The topological polar surface area (TPSA) is 114 Å². The van der Waals surface area contributed by atoms with Crippen molar-refractivity contribution < 1.29 is 24.5 Å². The molecule has 1 aromatic carbocycles. The first kappa shape index (κ1) is 19.7. The highest BCUT2D eigenvalue weighted by atomic mass is 16.5. The molecule has 5 N–H and O–H groups in total. The molecule has 1 amide bonds. The van der Waals surface area contributed by atoms with Gasteiger partial charge < -0.3 is 30.7 Å². The predicted molar refractivity (Wildman–Crippen MR) is 94.6 cm³/mol. The summed E-state index contributed by atoms with van der Waals surface area (Å²) in [6.07, 6.45) is -0.606. The number of benzene rings is 1. The van der Waals surface area contributed by atoms with E-state index in [9.17, 15) is 9.90 Å². The molecule has 2 rings (SSSR count). The Hall–Kier alpha value is -1.61. The average molecular weight is 349 g/mol. The van der Waals surface area contributed by atoms with Crippen molar-refractivity contribution in [3.05, 3.63) is 29.8 Å². The van der Waals surface area contributed by atoms with Gasteiger partial charge in [0.15, 0.2) is 0 Å². The van der Waals surface area contributed by atoms with Crippen LogP contribution in [-0.4, -0.2) is 67.4 Å². The number of aliphatic hydroxyl groups excluding tert-OH is 2. The number of nitrogens with two attached hydrogens (primary N) is 1. The van der Waals surface area contributed by atoms with E-state index in [0.717, 1.165) is 11.3 Å². The smallest absolute Gasteiger partial charge is 0.237 e. The molecule has 2 unspecified atom stereocenters. The molecule has 0 bridgehead atoms. The zero-order valence-corrected chi connectivity index (χ0v) is 14.6. The van der Waals surface area contributed by atoms with Crippen molar-refractivity contribution in [1.29, 1.82) is 0 Å². The Morgan fingerprint density at radius 2 is 2.12 bits per heavy atom. The van der Waals surface area contributed by atoms with Crippen molar-refractivity contribution in [2.75, 3.05) is 13.7 Å². The van der Waals surface area contributed by atoms with Gasteiger partial charge >= 0.3 is 0 Å². The molecule has 1 radical (unpaired) electrons. The average Bonchev–Trinajstić information content (AvgIpc) is 2.91. The van der Waals surface area contributed by atoms with Crippen molar-refractivity contribution in [3.63, 3.8) is 0 Å². The highest BCUT2D eigenvalue weighted by Crippen LogP contribution is 2.23. The number of hydrogen-bond acceptors (Lipinski definition) is 6. The van der Waals surface area contributed by atoms with Crippen LogP contribution in [0.1, 0.15) is 12.0 Å². The van der Waals surface area contributed by atoms with Gasteiger partial charge in [0.25, 0.3) is 0 Å². The highest BCUT2D eigenvalue weighted by molar-refractivity contribution is 6.35. The summed E-state index contributed by atoms with van der Waals surface area (Å²) >= 11 is 0. The van der Waals surface area contributed by atoms with Crippen LogP contribution in [0.3, 0.4) is 0 Å². The second-order valence-corrected chi connectivity index (χ2v) is 6.17. The number of methoxy groups -OCH3 is 1. The third-order valence-electron chi connectivity index (χ3n) is 4.44. The van der Waals surface area contributed by atoms with Crippen LogP contribution in [0, 0.1) is 0 Å². The fourth-order valence-electron chi connectivity index (χ4n) is 3.00. The van der Waals surface area contributed by atoms with Gasteiger partial charge in [0.05, 0.1) is 37.4 Å². The van der Waals surface area contributed by atoms with Crippen LogP contribution >= 0.6 is 0 Å². The molecule has 5 atom stereocenters. The Morgan fingerprint density at radius 1 is 1.44 bits per heavy atom. The minimum absolute atomic E-state index is 0.0852. The molecule has 1 fully saturated rings. The molecule has 0 aliphatic carbocycles. The van der Waals surface area contributed by atoms with Crippen LogP contribution in [0.15, 0.2) is 24.3 Å². The van der Waals surface area contributed by atoms with Gasteiger partial charge in [0, 0.05) is 6.61 Å². The molecule has 1 aliphatic heterocycles. The second kappa shape index (κ2) is 9.19. The van der Waals surface area contributed by atoms with E-state index < -0.39 is 30.3 Å². The van der Waals surface area contributed by atoms with Crippen LogP contribution < -0.4 is 15.8 Å². The van der Waals surface area contributed by atoms with Crippen LogP contribution in [0.5, 0.6) is 5.75 Å². The zero-order valence-electron chi connectivity index (χ0n) is 14.6. The van der Waals surface area contributed by atoms with Crippen LogP contribution in [0.25, 0.3) is 0 Å². The van der Waals surface area contributed by atoms with E-state index in [-0.39, 0.29) is 12.5 Å². The summed E-state index contributed by atoms with van der Waals surface area (Å²) in [5.41, 5.74) is 6.92. The molecule has 8 heteroatoms. The molecular weight excluding hydrogens is 323 g/mol. The summed E-state index contributed by atoms with van der Waals surface area (Å²) in [5, 5.41) is 22.2. The number of aliphatic hydroxyl groups is 2. The molecule has 137 valence electrons. The van der Waals surface area contributed by atoms with E-state index in [4.69, 9.17) is 20.3 Å². The van der Waals surface area contributed by atoms with E-state index in [1.165, 1.54) is 0 Å². The van der Waals surface area contributed by atoms with Crippen molar-refractivity contribution in [2.24, 2.45) is 5.73 Å². The summed E-state index contributed by atoms with van der Waals surface area (Å²) in [4.78, 5) is 12.4. The maximum absolute atomic E-state index is 12.4. The Balaban J connectivity index is 1.96. The number of nitrogens with one attached hydrogen (secondary N) is 1. The van der Waals surface area contributed by atoms with E-state index >= 15 is 0 Å². The maximum Gasteiger partial charge on any atom is 0.237 e. The number of amides is 1. The summed E-state index contributed by atoms with van der Waals surface area (Å²) in [6, 6.07) is 5.52. The van der Waals surface area contributed by atoms with Gasteiger partial charge in [-0.05, 0) is 30.5 Å². The number of hydrogen-bond donors (Lipinski definition) is 4. The van der Waals surface area contributed by atoms with Crippen molar-refractivity contribution in [3.8, 4) is 5.75 Å². The van der Waals surface area contributed by atoms with Crippen molar-refractivity contribution >= 4 is 13.2 Å². The van der Waals surface area contributed by atoms with Gasteiger partial charge in [-0.25, -0.2) is 0 Å². The van der Waals surface area contributed by atoms with Gasteiger partial charge in [0.2, 0.25) is 5.91 Å². The van der Waals surface area contributed by atoms with Crippen LogP contribution in [0.4, 0.5) is 0 Å². The fraction of sp³-hybridized carbons (Fsp3) is 0.588. The fourth-order valence-corrected chi connectivity index (χ4v) is 3.00. The summed E-state index contributed by atoms with van der Waals surface area (Å²) in [6.45, 7) is 1.70. The summed E-state index contributed by atoms with van der Waals surface area (Å²) < 4.78 is 10.8. The molecule has 0 aromatic heterocycles. The number of carbonyl (C=O) groups excluding carboxylic acids is 1. The molecule has 1 aromatic rings. The lowest BCUT2D eigenvalue weighted by Crippen LogP contribution is -2.53. The van der Waals surface area contributed by atoms with Gasteiger partial charge in [-0.3, -0.25) is 4.79 Å². The largest absolute Gasteiger partial charge is 0.497 e. The third kappa shape index (κ3) is 4.95. The van der Waals surface area contributed by atoms with E-state index in [2.05, 4.69) is 5.32 Å². The third-order valence-corrected chi connectivity index (χ3v) is 4.44. The number of carbonyl (C=O) groups is 1. The maximum atomic E-state index is 12.4. The van der Waals surface area contributed by atoms with Gasteiger partial charge in [-0.1, -0.05) is 19.0 Å². The van der Waals surface area contributed by atoms with Gasteiger partial charge in [0.1, 0.15) is 13.0 Å². The molecule has 1 aliphatic rings. The first-order chi connectivity index (χ1) is 12.0. The van der Waals surface area contributed by atoms with Crippen molar-refractivity contribution in [2.45, 2.75) is 50.0 Å². The Labute approximate surface area is 148 Å². The normalized spacial score (nSPS) is 26.9. The Kier molecular flexibility index (Phi) is 7.25. The first-order valence-electron chi connectivity index (χ1n) is 8.43. The lowest BCUT2D eigenvalue weighted by atomic mass is 9.71. The van der Waals surface area contributed by atoms with Gasteiger partial charge in [-0.2, -0.15) is 0 Å². The quantitative estimate of drug-likeness (QED) is 0.460. The van der Waals surface area contributed by atoms with Crippen LogP contribution in [-0.2, 0) is 16.0 Å². The highest BCUT2D eigenvalue weighted by Gasteiger charge is 2.43. The molecule has 25 heavy (non-hydrogen) atoms. The summed E-state index contributed by atoms with van der Waals surface area (Å²) in [7, 11) is 3.32. The molecule has 0 spiro atoms. The Morgan fingerprint density at radius 3 is 2.68 bits per heavy atom. The Bertz CT molecular complexity index is 556. The molecule has 1 saturated heterocycles. The standard InChI is InChI=1S/C17H26BN2O5/c1-18-16-15(22)14(13(25-16)7-8-21)20-17(23)12(19)9-10-3-5-11(24-2)6-4-10/h3-6,12-16,21-22H,7-9,19H2,1-2H3,(H,20,23)/t12?,13-,14?,15+,16-/m1/s1. The number of rotatable bonds is 8. The SMILES string of the molecule is C[B][C@@H]1O[C@H](CCO)C(NC(=O)C(N)Cc2ccc(OC)cc2)[C@@H]1O. The second-order valence-electron chi connectivity index (χ2n) is 6.17. The lowest BCUT2D eigenvalue weighted by Gasteiger charge is -2.23. The van der Waals surface area contributed by atoms with E-state index in [1.54, 1.807) is 21.2 Å². The number of ether oxygens (including phenoxy) is 2. The van der Waals surface area contributed by atoms with E-state index in [1.807, 2.05) is 24.3 Å². The molecule has 0 saturated carbocycles. The zero-order chi connectivity index (χ0) is 18.4. The minimum atomic E-state index is -0.862. The lowest BCUT2D eigenvalue weighted by molar-refractivity contribution is -0.124. The van der Waals surface area contributed by atoms with Crippen molar-refractivity contribution in [1.82, 2.24) is 5.32 Å².